The van der Waals surface area contributed by atoms with Gasteiger partial charge >= 0.3 is 6.09 Å². The van der Waals surface area contributed by atoms with Gasteiger partial charge in [0.2, 0.25) is 6.23 Å². The largest absolute Gasteiger partial charge is 0.444 e. The Hall–Kier alpha value is -2.54. The van der Waals surface area contributed by atoms with Crippen molar-refractivity contribution < 1.29 is 14.4 Å². The number of fused-ring (bicyclic) bond motifs is 1. The number of carbonyl (C=O) groups is 1. The lowest BCUT2D eigenvalue weighted by Crippen LogP contribution is -2.44. The molecule has 5 rings (SSSR count). The smallest absolute Gasteiger partial charge is 0.410 e. The molecule has 0 bridgehead atoms. The molecule has 1 unspecified atom stereocenters. The lowest BCUT2D eigenvalue weighted by molar-refractivity contribution is 0.0191. The second kappa shape index (κ2) is 7.86. The fraction of sp³-hybridized carbons (Fsp3) is 0.583. The van der Waals surface area contributed by atoms with E-state index in [0.717, 1.165) is 24.2 Å². The van der Waals surface area contributed by atoms with Gasteiger partial charge in [-0.25, -0.2) is 14.6 Å². The number of likely N-dealkylation sites (tertiary alicyclic amines) is 1. The number of carbonyl (C=O) groups excluding carboxylic acids is 1. The second-order valence-corrected chi connectivity index (χ2v) is 9.95. The third kappa shape index (κ3) is 4.15. The molecule has 166 valence electrons. The van der Waals surface area contributed by atoms with Crippen LogP contribution in [-0.2, 0) is 9.57 Å². The minimum absolute atomic E-state index is 0.232. The van der Waals surface area contributed by atoms with Crippen LogP contribution in [0.5, 0.6) is 0 Å². The number of hydroxylamine groups is 1. The summed E-state index contributed by atoms with van der Waals surface area (Å²) < 4.78 is 7.90. The minimum Gasteiger partial charge on any atom is -0.444 e. The predicted molar refractivity (Wildman–Crippen MR) is 120 cm³/mol. The lowest BCUT2D eigenvalue weighted by Gasteiger charge is -2.33. The first kappa shape index (κ1) is 20.4. The lowest BCUT2D eigenvalue weighted by atomic mass is 9.93. The first-order chi connectivity index (χ1) is 14.9. The zero-order valence-corrected chi connectivity index (χ0v) is 18.6. The Morgan fingerprint density at radius 2 is 1.94 bits per heavy atom. The summed E-state index contributed by atoms with van der Waals surface area (Å²) in [5, 5.41) is 1.26. The highest BCUT2D eigenvalue weighted by Gasteiger charge is 2.32. The maximum absolute atomic E-state index is 12.3. The Labute approximate surface area is 183 Å². The molecule has 1 saturated heterocycles. The average Bonchev–Trinajstić information content (AvgIpc) is 3.33. The molecule has 1 aromatic heterocycles. The first-order valence-electron chi connectivity index (χ1n) is 11.5. The van der Waals surface area contributed by atoms with Gasteiger partial charge in [0.1, 0.15) is 11.4 Å². The predicted octanol–water partition coefficient (Wildman–Crippen LogP) is 4.95. The van der Waals surface area contributed by atoms with Gasteiger partial charge in [0.05, 0.1) is 0 Å². The van der Waals surface area contributed by atoms with Crippen molar-refractivity contribution in [3.8, 4) is 0 Å². The molecule has 0 radical (unpaired) electrons. The molecule has 31 heavy (non-hydrogen) atoms. The van der Waals surface area contributed by atoms with Crippen molar-refractivity contribution in [1.82, 2.24) is 14.9 Å². The van der Waals surface area contributed by atoms with Crippen LogP contribution in [0.15, 0.2) is 35.5 Å². The minimum atomic E-state index is -0.467. The van der Waals surface area contributed by atoms with E-state index in [2.05, 4.69) is 40.5 Å². The van der Waals surface area contributed by atoms with Gasteiger partial charge in [-0.3, -0.25) is 5.48 Å². The average molecular weight is 425 g/mol. The highest BCUT2D eigenvalue weighted by molar-refractivity contribution is 5.85. The van der Waals surface area contributed by atoms with Crippen molar-refractivity contribution in [3.63, 3.8) is 0 Å². The number of hydrogen-bond donors (Lipinski definition) is 1. The van der Waals surface area contributed by atoms with E-state index in [1.54, 1.807) is 4.90 Å². The van der Waals surface area contributed by atoms with E-state index in [-0.39, 0.29) is 18.2 Å². The van der Waals surface area contributed by atoms with Gasteiger partial charge in [-0.05, 0) is 70.4 Å². The second-order valence-electron chi connectivity index (χ2n) is 9.95. The summed E-state index contributed by atoms with van der Waals surface area (Å²) in [5.41, 5.74) is 4.93. The van der Waals surface area contributed by atoms with Gasteiger partial charge in [0, 0.05) is 42.3 Å². The zero-order valence-electron chi connectivity index (χ0n) is 18.6. The zero-order chi connectivity index (χ0) is 21.6. The van der Waals surface area contributed by atoms with Gasteiger partial charge in [0.25, 0.3) is 0 Å². The molecule has 1 aliphatic carbocycles. The van der Waals surface area contributed by atoms with E-state index in [0.29, 0.717) is 19.1 Å². The van der Waals surface area contributed by atoms with Crippen molar-refractivity contribution in [2.24, 2.45) is 10.9 Å². The third-order valence-corrected chi connectivity index (χ3v) is 6.57. The summed E-state index contributed by atoms with van der Waals surface area (Å²) >= 11 is 0. The molecular formula is C24H32N4O3. The molecule has 0 spiro atoms. The van der Waals surface area contributed by atoms with Crippen LogP contribution in [-0.4, -0.2) is 40.1 Å². The topological polar surface area (TPSA) is 68.1 Å². The molecule has 1 aromatic carbocycles. The molecule has 1 N–H and O–H groups in total. The summed E-state index contributed by atoms with van der Waals surface area (Å²) in [4.78, 5) is 24.8. The van der Waals surface area contributed by atoms with Crippen LogP contribution in [0.4, 0.5) is 4.79 Å². The number of benzene rings is 1. The molecule has 7 heteroatoms. The number of amides is 1. The quantitative estimate of drug-likeness (QED) is 0.757. The normalized spacial score (nSPS) is 22.9. The van der Waals surface area contributed by atoms with Gasteiger partial charge < -0.3 is 14.2 Å². The SMILES string of the molecule is CC(C)(C)OC(=O)N1CCC(C2=NC(c3ccc4ccn(C5CCC5)c4c3)ON2)CC1. The van der Waals surface area contributed by atoms with E-state index in [9.17, 15) is 4.79 Å². The molecule has 1 atom stereocenters. The highest BCUT2D eigenvalue weighted by atomic mass is 16.7. The number of rotatable bonds is 3. The van der Waals surface area contributed by atoms with Gasteiger partial charge in [-0.15, -0.1) is 0 Å². The Bertz CT molecular complexity index is 994. The van der Waals surface area contributed by atoms with Crippen LogP contribution in [0.25, 0.3) is 10.9 Å². The third-order valence-electron chi connectivity index (χ3n) is 6.57. The Morgan fingerprint density at radius 3 is 2.61 bits per heavy atom. The number of amidine groups is 1. The molecule has 3 heterocycles. The molecule has 2 aromatic rings. The van der Waals surface area contributed by atoms with Crippen LogP contribution in [0.1, 0.15) is 70.7 Å². The van der Waals surface area contributed by atoms with Gasteiger partial charge in [-0.1, -0.05) is 12.1 Å². The van der Waals surface area contributed by atoms with Crippen molar-refractivity contribution >= 4 is 22.8 Å². The van der Waals surface area contributed by atoms with Crippen LogP contribution < -0.4 is 5.48 Å². The van der Waals surface area contributed by atoms with Crippen molar-refractivity contribution in [2.45, 2.75) is 70.7 Å². The highest BCUT2D eigenvalue weighted by Crippen LogP contribution is 2.36. The standard InChI is InChI=1S/C24H32N4O3/c1-24(2,3)30-23(29)27-12-9-17(10-13-27)21-25-22(31-26-21)18-8-7-16-11-14-28(20(16)15-18)19-5-4-6-19/h7-8,11,14-15,17,19,22H,4-6,9-10,12-13H2,1-3H3,(H,25,26). The summed E-state index contributed by atoms with van der Waals surface area (Å²) in [7, 11) is 0. The summed E-state index contributed by atoms with van der Waals surface area (Å²) in [5.74, 6) is 1.16. The van der Waals surface area contributed by atoms with Gasteiger partial charge in [-0.2, -0.15) is 0 Å². The Balaban J connectivity index is 1.25. The maximum atomic E-state index is 12.3. The van der Waals surface area contributed by atoms with Crippen LogP contribution in [0, 0.1) is 5.92 Å². The van der Waals surface area contributed by atoms with Crippen molar-refractivity contribution in [1.29, 1.82) is 0 Å². The van der Waals surface area contributed by atoms with Crippen LogP contribution in [0.3, 0.4) is 0 Å². The number of aliphatic imine (C=N–C) groups is 1. The summed E-state index contributed by atoms with van der Waals surface area (Å²) in [6, 6.07) is 9.31. The molecule has 1 saturated carbocycles. The number of aromatic nitrogens is 1. The number of nitrogens with zero attached hydrogens (tertiary/aromatic N) is 3. The van der Waals surface area contributed by atoms with Crippen LogP contribution >= 0.6 is 0 Å². The van der Waals surface area contributed by atoms with Crippen LogP contribution in [0.2, 0.25) is 0 Å². The number of ether oxygens (including phenoxy) is 1. The van der Waals surface area contributed by atoms with Crippen molar-refractivity contribution in [2.75, 3.05) is 13.1 Å². The molecule has 2 aliphatic heterocycles. The van der Waals surface area contributed by atoms with E-state index in [1.165, 1.54) is 30.2 Å². The number of hydrogen-bond acceptors (Lipinski definition) is 5. The fourth-order valence-corrected chi connectivity index (χ4v) is 4.59. The fourth-order valence-electron chi connectivity index (χ4n) is 4.59. The molecule has 1 amide bonds. The Morgan fingerprint density at radius 1 is 1.16 bits per heavy atom. The van der Waals surface area contributed by atoms with E-state index in [1.807, 2.05) is 20.8 Å². The molecular weight excluding hydrogens is 392 g/mol. The first-order valence-corrected chi connectivity index (χ1v) is 11.5. The van der Waals surface area contributed by atoms with E-state index in [4.69, 9.17) is 14.6 Å². The van der Waals surface area contributed by atoms with E-state index >= 15 is 0 Å². The maximum Gasteiger partial charge on any atom is 0.410 e. The molecule has 7 nitrogen and oxygen atoms in total. The van der Waals surface area contributed by atoms with E-state index < -0.39 is 5.60 Å². The number of nitrogens with one attached hydrogen (secondary N) is 1. The summed E-state index contributed by atoms with van der Waals surface area (Å²) in [6.45, 7) is 7.03. The van der Waals surface area contributed by atoms with Crippen molar-refractivity contribution in [3.05, 3.63) is 36.0 Å². The number of piperidine rings is 1. The summed E-state index contributed by atoms with van der Waals surface area (Å²) in [6.07, 6.45) is 7.20. The monoisotopic (exact) mass is 424 g/mol. The molecule has 2 fully saturated rings. The Kier molecular flexibility index (Phi) is 5.16. The van der Waals surface area contributed by atoms with Gasteiger partial charge in [0.15, 0.2) is 0 Å². The molecule has 3 aliphatic rings.